The van der Waals surface area contributed by atoms with Crippen molar-refractivity contribution >= 4 is 23.5 Å². The van der Waals surface area contributed by atoms with Gasteiger partial charge in [-0.2, -0.15) is 5.10 Å². The van der Waals surface area contributed by atoms with Crippen LogP contribution >= 0.6 is 11.3 Å². The number of thiophene rings is 1. The van der Waals surface area contributed by atoms with Crippen LogP contribution in [-0.4, -0.2) is 17.2 Å². The Bertz CT molecular complexity index is 550. The van der Waals surface area contributed by atoms with Gasteiger partial charge in [0.2, 0.25) is 0 Å². The molecule has 0 unspecified atom stereocenters. The third-order valence-corrected chi connectivity index (χ3v) is 3.14. The lowest BCUT2D eigenvalue weighted by molar-refractivity contribution is 0.0952. The minimum atomic E-state index is -0.326. The van der Waals surface area contributed by atoms with E-state index in [4.69, 9.17) is 5.11 Å². The van der Waals surface area contributed by atoms with Gasteiger partial charge in [-0.25, -0.2) is 5.43 Å². The zero-order valence-electron chi connectivity index (χ0n) is 9.54. The van der Waals surface area contributed by atoms with Gasteiger partial charge in [-0.15, -0.1) is 11.3 Å². The molecule has 0 saturated carbocycles. The molecule has 0 aliphatic heterocycles. The molecule has 18 heavy (non-hydrogen) atoms. The Labute approximate surface area is 109 Å². The standard InChI is InChI=1S/C13H12N2O2S/c16-9-10-4-1-2-6-12(10)13(17)15-14-8-11-5-3-7-18-11/h1-8,16H,9H2,(H,15,17)/b14-8+. The molecule has 0 radical (unpaired) electrons. The van der Waals surface area contributed by atoms with Crippen LogP contribution in [0.25, 0.3) is 0 Å². The molecule has 2 aromatic rings. The number of nitrogens with zero attached hydrogens (tertiary/aromatic N) is 1. The van der Waals surface area contributed by atoms with Gasteiger partial charge in [0.1, 0.15) is 0 Å². The van der Waals surface area contributed by atoms with Crippen molar-refractivity contribution in [2.24, 2.45) is 5.10 Å². The summed E-state index contributed by atoms with van der Waals surface area (Å²) in [4.78, 5) is 12.8. The lowest BCUT2D eigenvalue weighted by Gasteiger charge is -2.04. The van der Waals surface area contributed by atoms with Crippen molar-refractivity contribution in [3.05, 3.63) is 57.8 Å². The van der Waals surface area contributed by atoms with Crippen LogP contribution in [0.3, 0.4) is 0 Å². The van der Waals surface area contributed by atoms with Crippen LogP contribution in [0.5, 0.6) is 0 Å². The highest BCUT2D eigenvalue weighted by Crippen LogP contribution is 2.08. The third-order valence-electron chi connectivity index (χ3n) is 2.33. The summed E-state index contributed by atoms with van der Waals surface area (Å²) in [5.74, 6) is -0.326. The number of nitrogens with one attached hydrogen (secondary N) is 1. The minimum Gasteiger partial charge on any atom is -0.392 e. The topological polar surface area (TPSA) is 61.7 Å². The van der Waals surface area contributed by atoms with Gasteiger partial charge in [0.05, 0.1) is 12.8 Å². The summed E-state index contributed by atoms with van der Waals surface area (Å²) in [6.07, 6.45) is 1.59. The van der Waals surface area contributed by atoms with Crippen LogP contribution in [0.4, 0.5) is 0 Å². The highest BCUT2D eigenvalue weighted by molar-refractivity contribution is 7.11. The van der Waals surface area contributed by atoms with Crippen LogP contribution in [-0.2, 0) is 6.61 Å². The van der Waals surface area contributed by atoms with E-state index >= 15 is 0 Å². The molecule has 0 atom stereocenters. The predicted octanol–water partition coefficient (Wildman–Crippen LogP) is 2.00. The van der Waals surface area contributed by atoms with E-state index in [0.717, 1.165) is 4.88 Å². The molecule has 92 valence electrons. The highest BCUT2D eigenvalue weighted by atomic mass is 32.1. The number of hydrogen-bond donors (Lipinski definition) is 2. The second-order valence-electron chi connectivity index (χ2n) is 3.53. The minimum absolute atomic E-state index is 0.168. The smallest absolute Gasteiger partial charge is 0.271 e. The highest BCUT2D eigenvalue weighted by Gasteiger charge is 2.08. The fraction of sp³-hybridized carbons (Fsp3) is 0.0769. The van der Waals surface area contributed by atoms with Crippen molar-refractivity contribution in [2.75, 3.05) is 0 Å². The second kappa shape index (κ2) is 6.09. The first-order valence-electron chi connectivity index (χ1n) is 5.37. The molecular formula is C13H12N2O2S. The van der Waals surface area contributed by atoms with Crippen molar-refractivity contribution in [3.63, 3.8) is 0 Å². The van der Waals surface area contributed by atoms with Crippen molar-refractivity contribution in [1.29, 1.82) is 0 Å². The number of benzene rings is 1. The number of carbonyl (C=O) groups is 1. The Balaban J connectivity index is 2.04. The molecule has 5 heteroatoms. The summed E-state index contributed by atoms with van der Waals surface area (Å²) in [7, 11) is 0. The zero-order valence-corrected chi connectivity index (χ0v) is 10.4. The van der Waals surface area contributed by atoms with Crippen LogP contribution < -0.4 is 5.43 Å². The molecule has 1 heterocycles. The number of rotatable bonds is 4. The summed E-state index contributed by atoms with van der Waals surface area (Å²) in [5.41, 5.74) is 3.46. The molecule has 0 spiro atoms. The second-order valence-corrected chi connectivity index (χ2v) is 4.51. The third kappa shape index (κ3) is 3.03. The maximum atomic E-state index is 11.8. The fourth-order valence-corrected chi connectivity index (χ4v) is 2.04. The van der Waals surface area contributed by atoms with E-state index in [1.807, 2.05) is 17.5 Å². The number of carbonyl (C=O) groups excluding carboxylic acids is 1. The monoisotopic (exact) mass is 260 g/mol. The molecule has 0 fully saturated rings. The van der Waals surface area contributed by atoms with E-state index in [-0.39, 0.29) is 12.5 Å². The predicted molar refractivity (Wildman–Crippen MR) is 71.7 cm³/mol. The number of aliphatic hydroxyl groups excluding tert-OH is 1. The van der Waals surface area contributed by atoms with Gasteiger partial charge in [-0.3, -0.25) is 4.79 Å². The lowest BCUT2D eigenvalue weighted by Crippen LogP contribution is -2.19. The van der Waals surface area contributed by atoms with Crippen LogP contribution in [0, 0.1) is 0 Å². The van der Waals surface area contributed by atoms with Crippen LogP contribution in [0.2, 0.25) is 0 Å². The van der Waals surface area contributed by atoms with Gasteiger partial charge in [0, 0.05) is 10.4 Å². The van der Waals surface area contributed by atoms with Gasteiger partial charge >= 0.3 is 0 Å². The summed E-state index contributed by atoms with van der Waals surface area (Å²) >= 11 is 1.54. The molecule has 1 aromatic carbocycles. The van der Waals surface area contributed by atoms with Crippen molar-refractivity contribution in [1.82, 2.24) is 5.43 Å². The molecule has 0 bridgehead atoms. The Morgan fingerprint density at radius 2 is 2.17 bits per heavy atom. The normalized spacial score (nSPS) is 10.7. The van der Waals surface area contributed by atoms with E-state index < -0.39 is 0 Å². The van der Waals surface area contributed by atoms with Crippen molar-refractivity contribution < 1.29 is 9.90 Å². The van der Waals surface area contributed by atoms with E-state index in [0.29, 0.717) is 11.1 Å². The molecule has 1 amide bonds. The van der Waals surface area contributed by atoms with E-state index in [9.17, 15) is 4.79 Å². The van der Waals surface area contributed by atoms with Crippen LogP contribution in [0.15, 0.2) is 46.9 Å². The Hall–Kier alpha value is -1.98. The number of aliphatic hydroxyl groups is 1. The van der Waals surface area contributed by atoms with E-state index in [1.165, 1.54) is 11.3 Å². The quantitative estimate of drug-likeness (QED) is 0.652. The number of amides is 1. The molecule has 4 nitrogen and oxygen atoms in total. The number of hydrazone groups is 1. The Kier molecular flexibility index (Phi) is 4.22. The Morgan fingerprint density at radius 3 is 2.89 bits per heavy atom. The summed E-state index contributed by atoms with van der Waals surface area (Å²) < 4.78 is 0. The van der Waals surface area contributed by atoms with E-state index in [1.54, 1.807) is 30.5 Å². The van der Waals surface area contributed by atoms with Gasteiger partial charge in [-0.1, -0.05) is 24.3 Å². The zero-order chi connectivity index (χ0) is 12.8. The molecule has 0 aliphatic rings. The lowest BCUT2D eigenvalue weighted by atomic mass is 10.1. The average Bonchev–Trinajstić information content (AvgIpc) is 2.91. The molecule has 2 N–H and O–H groups in total. The van der Waals surface area contributed by atoms with Crippen molar-refractivity contribution in [3.8, 4) is 0 Å². The Morgan fingerprint density at radius 1 is 1.33 bits per heavy atom. The van der Waals surface area contributed by atoms with Gasteiger partial charge < -0.3 is 5.11 Å². The maximum absolute atomic E-state index is 11.8. The molecule has 2 rings (SSSR count). The summed E-state index contributed by atoms with van der Waals surface area (Å²) in [5, 5.41) is 14.9. The van der Waals surface area contributed by atoms with Gasteiger partial charge in [0.25, 0.3) is 5.91 Å². The molecule has 0 aliphatic carbocycles. The first-order valence-corrected chi connectivity index (χ1v) is 6.25. The SMILES string of the molecule is O=C(N/N=C/c1cccs1)c1ccccc1CO. The maximum Gasteiger partial charge on any atom is 0.271 e. The van der Waals surface area contributed by atoms with Gasteiger partial charge in [0.15, 0.2) is 0 Å². The first kappa shape index (κ1) is 12.5. The van der Waals surface area contributed by atoms with Crippen LogP contribution in [0.1, 0.15) is 20.8 Å². The molecule has 0 saturated heterocycles. The number of hydrogen-bond acceptors (Lipinski definition) is 4. The summed E-state index contributed by atoms with van der Waals surface area (Å²) in [6, 6.07) is 10.7. The van der Waals surface area contributed by atoms with E-state index in [2.05, 4.69) is 10.5 Å². The first-order chi connectivity index (χ1) is 8.81. The largest absolute Gasteiger partial charge is 0.392 e. The molecular weight excluding hydrogens is 248 g/mol. The average molecular weight is 260 g/mol. The molecule has 1 aromatic heterocycles. The summed E-state index contributed by atoms with van der Waals surface area (Å²) in [6.45, 7) is -0.168. The fourth-order valence-electron chi connectivity index (χ4n) is 1.46. The van der Waals surface area contributed by atoms with Crippen molar-refractivity contribution in [2.45, 2.75) is 6.61 Å². The van der Waals surface area contributed by atoms with Gasteiger partial charge in [-0.05, 0) is 23.1 Å².